The Bertz CT molecular complexity index is 1210. The van der Waals surface area contributed by atoms with Crippen molar-refractivity contribution in [1.29, 1.82) is 0 Å². The molecule has 4 rings (SSSR count). The summed E-state index contributed by atoms with van der Waals surface area (Å²) in [6.45, 7) is 7.09. The molecule has 1 aromatic carbocycles. The fourth-order valence-electron chi connectivity index (χ4n) is 4.17. The number of thiazole rings is 1. The lowest BCUT2D eigenvalue weighted by Crippen LogP contribution is -2.37. The van der Waals surface area contributed by atoms with E-state index in [2.05, 4.69) is 70.8 Å². The van der Waals surface area contributed by atoms with Crippen molar-refractivity contribution >= 4 is 33.7 Å². The van der Waals surface area contributed by atoms with Gasteiger partial charge in [0.2, 0.25) is 0 Å². The van der Waals surface area contributed by atoms with E-state index >= 15 is 0 Å². The minimum atomic E-state index is 0.407. The summed E-state index contributed by atoms with van der Waals surface area (Å²) in [5.41, 5.74) is 12.0. The van der Waals surface area contributed by atoms with Gasteiger partial charge in [-0.2, -0.15) is 0 Å². The molecule has 0 spiro atoms. The van der Waals surface area contributed by atoms with Gasteiger partial charge >= 0.3 is 0 Å². The van der Waals surface area contributed by atoms with Crippen LogP contribution in [-0.2, 0) is 11.2 Å². The normalized spacial score (nSPS) is 15.7. The predicted molar refractivity (Wildman–Crippen MR) is 148 cm³/mol. The van der Waals surface area contributed by atoms with Gasteiger partial charge in [0.25, 0.3) is 0 Å². The molecule has 184 valence electrons. The summed E-state index contributed by atoms with van der Waals surface area (Å²) in [6, 6.07) is 8.69. The van der Waals surface area contributed by atoms with Gasteiger partial charge in [-0.1, -0.05) is 37.4 Å². The predicted octanol–water partition coefficient (Wildman–Crippen LogP) is 4.81. The van der Waals surface area contributed by atoms with E-state index in [1.54, 1.807) is 24.8 Å². The Morgan fingerprint density at radius 2 is 2.14 bits per heavy atom. The zero-order valence-electron chi connectivity index (χ0n) is 20.4. The minimum Gasteiger partial charge on any atom is -0.393 e. The highest BCUT2D eigenvalue weighted by molar-refractivity contribution is 7.80. The summed E-state index contributed by atoms with van der Waals surface area (Å²) in [5.74, 6) is 0. The van der Waals surface area contributed by atoms with E-state index < -0.39 is 0 Å². The van der Waals surface area contributed by atoms with Crippen LogP contribution in [0.15, 0.2) is 65.6 Å². The molecule has 0 bridgehead atoms. The maximum absolute atomic E-state index is 5.62. The molecular weight excluding hydrogens is 476 g/mol. The standard InChI is InChI=1S/C26H32N6OS2/c1-4-31(11-12-33-3)22-9-10-23(18(2)13-22)29-26-30-24(16-35-26)19-5-7-21(8-6-19)32-15-20(28-17-32)14-25(27)34/h5-10,15-17,22H,4,11-14H2,1-3H3,(H2,27,34)(H,29,30). The van der Waals surface area contributed by atoms with Gasteiger partial charge in [-0.25, -0.2) is 9.97 Å². The van der Waals surface area contributed by atoms with Crippen molar-refractivity contribution in [2.45, 2.75) is 32.7 Å². The third kappa shape index (κ3) is 6.43. The molecule has 0 radical (unpaired) electrons. The van der Waals surface area contributed by atoms with Crippen LogP contribution in [0.5, 0.6) is 0 Å². The number of allylic oxidation sites excluding steroid dienone is 1. The van der Waals surface area contributed by atoms with Crippen molar-refractivity contribution in [3.8, 4) is 16.9 Å². The topological polar surface area (TPSA) is 81.2 Å². The zero-order valence-corrected chi connectivity index (χ0v) is 22.0. The summed E-state index contributed by atoms with van der Waals surface area (Å²) < 4.78 is 7.23. The molecule has 0 fully saturated rings. The van der Waals surface area contributed by atoms with Gasteiger partial charge in [0, 0.05) is 54.6 Å². The van der Waals surface area contributed by atoms with Gasteiger partial charge in [-0.05, 0) is 43.7 Å². The second-order valence-corrected chi connectivity index (χ2v) is 9.95. The van der Waals surface area contributed by atoms with Gasteiger partial charge in [0.15, 0.2) is 5.13 Å². The SMILES string of the molecule is CCN(CCOC)C1C=CC(Nc2nc(-c3ccc(-n4cnc(CC(N)=S)c4)cc3)cs2)=C(C)C1. The number of anilines is 1. The highest BCUT2D eigenvalue weighted by Crippen LogP contribution is 2.29. The second-order valence-electron chi connectivity index (χ2n) is 8.57. The highest BCUT2D eigenvalue weighted by atomic mass is 32.1. The maximum atomic E-state index is 5.62. The number of thiocarbonyl (C=S) groups is 1. The van der Waals surface area contributed by atoms with E-state index in [-0.39, 0.29) is 0 Å². The van der Waals surface area contributed by atoms with Gasteiger partial charge in [0.05, 0.1) is 29.3 Å². The Kier molecular flexibility index (Phi) is 8.46. The number of nitrogens with one attached hydrogen (secondary N) is 1. The largest absolute Gasteiger partial charge is 0.393 e. The number of nitrogens with zero attached hydrogens (tertiary/aromatic N) is 4. The minimum absolute atomic E-state index is 0.407. The quantitative estimate of drug-likeness (QED) is 0.360. The first-order chi connectivity index (χ1) is 17.0. The molecule has 3 aromatic rings. The highest BCUT2D eigenvalue weighted by Gasteiger charge is 2.20. The summed E-state index contributed by atoms with van der Waals surface area (Å²) in [6.07, 6.45) is 9.71. The smallest absolute Gasteiger partial charge is 0.187 e. The molecule has 9 heteroatoms. The molecule has 0 aliphatic heterocycles. The number of nitrogens with two attached hydrogens (primary N) is 1. The first kappa shape index (κ1) is 25.2. The molecule has 7 nitrogen and oxygen atoms in total. The van der Waals surface area contributed by atoms with Crippen LogP contribution in [0, 0.1) is 0 Å². The number of aromatic nitrogens is 3. The fourth-order valence-corrected chi connectivity index (χ4v) is 5.05. The number of likely N-dealkylation sites (N-methyl/N-ethyl adjacent to an activating group) is 1. The van der Waals surface area contributed by atoms with E-state index in [1.165, 1.54) is 5.57 Å². The van der Waals surface area contributed by atoms with E-state index in [0.717, 1.165) is 59.6 Å². The monoisotopic (exact) mass is 508 g/mol. The van der Waals surface area contributed by atoms with Crippen molar-refractivity contribution in [3.63, 3.8) is 0 Å². The van der Waals surface area contributed by atoms with Crippen LogP contribution in [-0.4, -0.2) is 57.3 Å². The Morgan fingerprint density at radius 1 is 1.34 bits per heavy atom. The van der Waals surface area contributed by atoms with Gasteiger partial charge in [-0.3, -0.25) is 4.90 Å². The molecule has 1 atom stereocenters. The lowest BCUT2D eigenvalue weighted by Gasteiger charge is -2.31. The average Bonchev–Trinajstić information content (AvgIpc) is 3.51. The molecule has 3 N–H and O–H groups in total. The van der Waals surface area contributed by atoms with Crippen LogP contribution in [0.1, 0.15) is 26.0 Å². The number of imidazole rings is 1. The fraction of sp³-hybridized carbons (Fsp3) is 0.346. The van der Waals surface area contributed by atoms with Crippen molar-refractivity contribution in [2.75, 3.05) is 32.1 Å². The molecule has 2 heterocycles. The van der Waals surface area contributed by atoms with Gasteiger partial charge in [-0.15, -0.1) is 11.3 Å². The molecule has 0 saturated heterocycles. The van der Waals surface area contributed by atoms with E-state index in [4.69, 9.17) is 27.7 Å². The molecule has 2 aromatic heterocycles. The van der Waals surface area contributed by atoms with E-state index in [0.29, 0.717) is 17.5 Å². The number of methoxy groups -OCH3 is 1. The third-order valence-electron chi connectivity index (χ3n) is 6.12. The Morgan fingerprint density at radius 3 is 2.83 bits per heavy atom. The number of hydrogen-bond acceptors (Lipinski definition) is 7. The Balaban J connectivity index is 1.40. The van der Waals surface area contributed by atoms with Crippen molar-refractivity contribution in [3.05, 3.63) is 71.3 Å². The van der Waals surface area contributed by atoms with Crippen LogP contribution in [0.2, 0.25) is 0 Å². The molecule has 35 heavy (non-hydrogen) atoms. The summed E-state index contributed by atoms with van der Waals surface area (Å²) in [4.78, 5) is 12.1. The van der Waals surface area contributed by atoms with Gasteiger partial charge < -0.3 is 20.4 Å². The lowest BCUT2D eigenvalue weighted by atomic mass is 9.98. The van der Waals surface area contributed by atoms with E-state index in [1.807, 2.05) is 10.8 Å². The summed E-state index contributed by atoms with van der Waals surface area (Å²) >= 11 is 6.59. The van der Waals surface area contributed by atoms with Crippen LogP contribution >= 0.6 is 23.6 Å². The lowest BCUT2D eigenvalue weighted by molar-refractivity contribution is 0.135. The first-order valence-corrected chi connectivity index (χ1v) is 13.0. The molecule has 1 unspecified atom stereocenters. The number of rotatable bonds is 11. The summed E-state index contributed by atoms with van der Waals surface area (Å²) in [5, 5.41) is 6.50. The molecule has 0 amide bonds. The van der Waals surface area contributed by atoms with Crippen molar-refractivity contribution in [2.24, 2.45) is 5.73 Å². The maximum Gasteiger partial charge on any atom is 0.187 e. The average molecular weight is 509 g/mol. The Hall–Kier alpha value is -2.85. The molecule has 0 saturated carbocycles. The Labute approximate surface area is 216 Å². The first-order valence-electron chi connectivity index (χ1n) is 11.7. The van der Waals surface area contributed by atoms with Crippen LogP contribution in [0.3, 0.4) is 0 Å². The summed E-state index contributed by atoms with van der Waals surface area (Å²) in [7, 11) is 1.75. The second kappa shape index (κ2) is 11.7. The van der Waals surface area contributed by atoms with Crippen molar-refractivity contribution < 1.29 is 4.74 Å². The van der Waals surface area contributed by atoms with Crippen molar-refractivity contribution in [1.82, 2.24) is 19.4 Å². The molecule has 1 aliphatic carbocycles. The zero-order chi connectivity index (χ0) is 24.8. The molecular formula is C26H32N6OS2. The van der Waals surface area contributed by atoms with E-state index in [9.17, 15) is 0 Å². The number of hydrogen-bond donors (Lipinski definition) is 2. The molecule has 1 aliphatic rings. The van der Waals surface area contributed by atoms with Gasteiger partial charge in [0.1, 0.15) is 0 Å². The third-order valence-corrected chi connectivity index (χ3v) is 7.02. The number of ether oxygens (including phenoxy) is 1. The van der Waals surface area contributed by atoms with Crippen LogP contribution in [0.25, 0.3) is 16.9 Å². The van der Waals surface area contributed by atoms with Crippen LogP contribution < -0.4 is 11.1 Å². The number of benzene rings is 1. The van der Waals surface area contributed by atoms with Crippen LogP contribution in [0.4, 0.5) is 5.13 Å².